The molecule has 0 aliphatic heterocycles. The summed E-state index contributed by atoms with van der Waals surface area (Å²) in [5.41, 5.74) is 0. The van der Waals surface area contributed by atoms with E-state index in [0.29, 0.717) is 31.1 Å². The summed E-state index contributed by atoms with van der Waals surface area (Å²) in [5.74, 6) is -2.96. The highest BCUT2D eigenvalue weighted by Gasteiger charge is 2.21. The lowest BCUT2D eigenvalue weighted by molar-refractivity contribution is -0.143. The van der Waals surface area contributed by atoms with Crippen LogP contribution in [-0.4, -0.2) is 68.0 Å². The number of halogens is 3. The predicted octanol–water partition coefficient (Wildman–Crippen LogP) is 8.02. The molecule has 1 N–H and O–H groups in total. The zero-order chi connectivity index (χ0) is 35.4. The number of fused-ring (bicyclic) bond motifs is 2. The van der Waals surface area contributed by atoms with Crippen LogP contribution >= 0.6 is 38.6 Å². The molecule has 260 valence electrons. The Kier molecular flexibility index (Phi) is 15.0. The van der Waals surface area contributed by atoms with Crippen molar-refractivity contribution in [1.82, 2.24) is 0 Å². The van der Waals surface area contributed by atoms with Crippen molar-refractivity contribution in [2.75, 3.05) is 39.4 Å². The van der Waals surface area contributed by atoms with Crippen molar-refractivity contribution in [2.45, 2.75) is 46.0 Å². The van der Waals surface area contributed by atoms with E-state index in [9.17, 15) is 33.1 Å². The summed E-state index contributed by atoms with van der Waals surface area (Å²) in [7, 11) is 2.76. The van der Waals surface area contributed by atoms with Crippen LogP contribution < -0.4 is 14.2 Å². The monoisotopic (exact) mass is 772 g/mol. The highest BCUT2D eigenvalue weighted by atomic mass is 79.9. The van der Waals surface area contributed by atoms with E-state index in [4.69, 9.17) is 23.7 Å². The van der Waals surface area contributed by atoms with Gasteiger partial charge in [0, 0.05) is 50.5 Å². The van der Waals surface area contributed by atoms with Crippen LogP contribution in [0.5, 0.6) is 23.0 Å². The third-order valence-electron chi connectivity index (χ3n) is 6.62. The first-order valence-corrected chi connectivity index (χ1v) is 17.6. The van der Waals surface area contributed by atoms with Crippen molar-refractivity contribution < 1.29 is 56.7 Å². The lowest BCUT2D eigenvalue weighted by Gasteiger charge is -2.11. The molecule has 0 unspecified atom stereocenters. The van der Waals surface area contributed by atoms with Crippen LogP contribution in [-0.2, 0) is 19.1 Å². The summed E-state index contributed by atoms with van der Waals surface area (Å²) in [6, 6.07) is 6.01. The summed E-state index contributed by atoms with van der Waals surface area (Å²) in [6.45, 7) is 4.28. The van der Waals surface area contributed by atoms with Gasteiger partial charge in [0.25, 0.3) is 0 Å². The standard InChI is InChI=1S/C18H20BrFO5S.C15H15FO5S/c1-3-24-16(22)6-5-12(21)15-9-11-14(26-15)10-13(23-2)18(17(11)20)25-8-4-7-19;1-3-21-13(18)5-4-9(17)12-6-8-11(22-12)7-10(20-2)15(19)14(8)16/h9-10H,3-8H2,1-2H3;6-7,19H,3-5H2,1-2H3. The minimum atomic E-state index is -0.824. The average Bonchev–Trinajstić information content (AvgIpc) is 3.71. The van der Waals surface area contributed by atoms with Crippen molar-refractivity contribution in [1.29, 1.82) is 0 Å². The summed E-state index contributed by atoms with van der Waals surface area (Å²) in [4.78, 5) is 47.7. The van der Waals surface area contributed by atoms with Gasteiger partial charge >= 0.3 is 11.9 Å². The van der Waals surface area contributed by atoms with Gasteiger partial charge in [0.1, 0.15) is 0 Å². The second kappa shape index (κ2) is 18.7. The number of aromatic hydroxyl groups is 1. The maximum atomic E-state index is 14.8. The molecule has 0 amide bonds. The number of carbonyl (C=O) groups is 4. The molecule has 4 rings (SSSR count). The van der Waals surface area contributed by atoms with Crippen molar-refractivity contribution >= 4 is 82.3 Å². The minimum absolute atomic E-state index is 0.00358. The molecule has 2 aromatic carbocycles. The molecule has 48 heavy (non-hydrogen) atoms. The largest absolute Gasteiger partial charge is 0.502 e. The fourth-order valence-electron chi connectivity index (χ4n) is 4.30. The van der Waals surface area contributed by atoms with Crippen LogP contribution in [0, 0.1) is 11.6 Å². The van der Waals surface area contributed by atoms with Crippen LogP contribution in [0.2, 0.25) is 0 Å². The molecule has 0 saturated carbocycles. The third-order valence-corrected chi connectivity index (χ3v) is 9.43. The number of ketones is 2. The highest BCUT2D eigenvalue weighted by Crippen LogP contribution is 2.41. The number of ether oxygens (including phenoxy) is 5. The molecule has 0 fully saturated rings. The Hall–Kier alpha value is -3.82. The Bertz CT molecular complexity index is 1770. The van der Waals surface area contributed by atoms with Crippen LogP contribution in [0.25, 0.3) is 20.2 Å². The van der Waals surface area contributed by atoms with Crippen LogP contribution in [0.1, 0.15) is 65.3 Å². The topological polar surface area (TPSA) is 135 Å². The van der Waals surface area contributed by atoms with Gasteiger partial charge in [0.15, 0.2) is 46.2 Å². The number of thiophene rings is 2. The summed E-state index contributed by atoms with van der Waals surface area (Å²) in [6.07, 6.45) is 0.739. The van der Waals surface area contributed by atoms with Gasteiger partial charge in [-0.05, 0) is 32.4 Å². The fourth-order valence-corrected chi connectivity index (χ4v) is 6.63. The molecular formula is C33H35BrF2O10S2. The van der Waals surface area contributed by atoms with E-state index in [1.165, 1.54) is 43.8 Å². The van der Waals surface area contributed by atoms with E-state index in [2.05, 4.69) is 15.9 Å². The number of benzene rings is 2. The van der Waals surface area contributed by atoms with Crippen molar-refractivity contribution in [3.63, 3.8) is 0 Å². The number of hydrogen-bond donors (Lipinski definition) is 1. The second-order valence-electron chi connectivity index (χ2n) is 9.86. The Morgan fingerprint density at radius 1 is 0.750 bits per heavy atom. The van der Waals surface area contributed by atoms with Gasteiger partial charge in [-0.25, -0.2) is 8.78 Å². The Balaban J connectivity index is 0.000000264. The summed E-state index contributed by atoms with van der Waals surface area (Å²) >= 11 is 5.55. The number of alkyl halides is 1. The molecule has 0 aliphatic rings. The van der Waals surface area contributed by atoms with E-state index in [-0.39, 0.29) is 73.1 Å². The van der Waals surface area contributed by atoms with Crippen LogP contribution in [0.4, 0.5) is 8.78 Å². The van der Waals surface area contributed by atoms with Gasteiger partial charge in [-0.15, -0.1) is 22.7 Å². The molecule has 0 saturated heterocycles. The first-order valence-electron chi connectivity index (χ1n) is 14.8. The Morgan fingerprint density at radius 2 is 1.23 bits per heavy atom. The molecule has 4 aromatic rings. The molecule has 0 bridgehead atoms. The molecule has 15 heteroatoms. The van der Waals surface area contributed by atoms with Gasteiger partial charge in [0.2, 0.25) is 0 Å². The number of phenolic OH excluding ortho intramolecular Hbond substituents is 1. The summed E-state index contributed by atoms with van der Waals surface area (Å²) < 4.78 is 55.1. The number of methoxy groups -OCH3 is 2. The first-order chi connectivity index (χ1) is 23.0. The van der Waals surface area contributed by atoms with Gasteiger partial charge in [0.05, 0.1) is 56.6 Å². The van der Waals surface area contributed by atoms with E-state index in [0.717, 1.165) is 23.1 Å². The molecule has 10 nitrogen and oxygen atoms in total. The number of Topliss-reactive ketones (excluding diaryl/α,β-unsaturated/α-hetero) is 2. The normalized spacial score (nSPS) is 10.7. The lowest BCUT2D eigenvalue weighted by atomic mass is 10.1. The zero-order valence-electron chi connectivity index (χ0n) is 26.7. The van der Waals surface area contributed by atoms with Crippen molar-refractivity contribution in [3.8, 4) is 23.0 Å². The van der Waals surface area contributed by atoms with Crippen LogP contribution in [0.3, 0.4) is 0 Å². The number of rotatable bonds is 16. The molecule has 0 radical (unpaired) electrons. The fraction of sp³-hybridized carbons (Fsp3) is 0.394. The molecular weight excluding hydrogens is 738 g/mol. The average molecular weight is 774 g/mol. The molecule has 0 aliphatic carbocycles. The maximum absolute atomic E-state index is 14.8. The second-order valence-corrected chi connectivity index (χ2v) is 12.8. The number of carbonyl (C=O) groups excluding carboxylic acids is 4. The zero-order valence-corrected chi connectivity index (χ0v) is 30.0. The van der Waals surface area contributed by atoms with Crippen molar-refractivity contribution in [3.05, 3.63) is 45.7 Å². The molecule has 2 heterocycles. The number of hydrogen-bond acceptors (Lipinski definition) is 12. The van der Waals surface area contributed by atoms with Gasteiger partial charge in [-0.3, -0.25) is 19.2 Å². The van der Waals surface area contributed by atoms with Gasteiger partial charge in [-0.2, -0.15) is 0 Å². The molecule has 0 spiro atoms. The maximum Gasteiger partial charge on any atom is 0.306 e. The third kappa shape index (κ3) is 9.86. The Morgan fingerprint density at radius 3 is 1.69 bits per heavy atom. The first kappa shape index (κ1) is 38.6. The van der Waals surface area contributed by atoms with Gasteiger partial charge < -0.3 is 28.8 Å². The smallest absolute Gasteiger partial charge is 0.306 e. The van der Waals surface area contributed by atoms with E-state index in [1.807, 2.05) is 0 Å². The molecule has 2 aromatic heterocycles. The van der Waals surface area contributed by atoms with Gasteiger partial charge in [-0.1, -0.05) is 15.9 Å². The number of phenols is 1. The predicted molar refractivity (Wildman–Crippen MR) is 183 cm³/mol. The summed E-state index contributed by atoms with van der Waals surface area (Å²) in [5, 5.41) is 10.8. The number of esters is 2. The minimum Gasteiger partial charge on any atom is -0.502 e. The molecule has 0 atom stereocenters. The van der Waals surface area contributed by atoms with E-state index in [1.54, 1.807) is 19.9 Å². The van der Waals surface area contributed by atoms with Crippen molar-refractivity contribution in [2.24, 2.45) is 0 Å². The van der Waals surface area contributed by atoms with E-state index >= 15 is 0 Å². The SMILES string of the molecule is CCOC(=O)CCC(=O)c1cc2c(F)c(O)c(OC)cc2s1.CCOC(=O)CCC(=O)c1cc2c(F)c(OCCCBr)c(OC)cc2s1. The Labute approximate surface area is 292 Å². The highest BCUT2D eigenvalue weighted by molar-refractivity contribution is 9.09. The quantitative estimate of drug-likeness (QED) is 0.0516. The van der Waals surface area contributed by atoms with E-state index < -0.39 is 29.3 Å². The van der Waals surface area contributed by atoms with Crippen LogP contribution in [0.15, 0.2) is 24.3 Å². The lowest BCUT2D eigenvalue weighted by Crippen LogP contribution is -2.07.